The highest BCUT2D eigenvalue weighted by atomic mass is 32.2. The van der Waals surface area contributed by atoms with Gasteiger partial charge in [-0.15, -0.1) is 11.8 Å². The molecule has 2 aromatic rings. The highest BCUT2D eigenvalue weighted by molar-refractivity contribution is 8.03. The van der Waals surface area contributed by atoms with Crippen molar-refractivity contribution in [3.8, 4) is 5.75 Å². The van der Waals surface area contributed by atoms with E-state index in [9.17, 15) is 4.79 Å². The molecule has 1 aromatic heterocycles. The summed E-state index contributed by atoms with van der Waals surface area (Å²) in [5.41, 5.74) is 6.73. The fourth-order valence-corrected chi connectivity index (χ4v) is 4.01. The highest BCUT2D eigenvalue weighted by Crippen LogP contribution is 2.37. The molecule has 0 unspecified atom stereocenters. The smallest absolute Gasteiger partial charge is 0.242 e. The van der Waals surface area contributed by atoms with E-state index in [1.54, 1.807) is 11.8 Å². The van der Waals surface area contributed by atoms with Crippen molar-refractivity contribution in [2.24, 2.45) is 5.73 Å². The Balaban J connectivity index is 1.73. The van der Waals surface area contributed by atoms with Gasteiger partial charge in [0.25, 0.3) is 0 Å². The second-order valence-electron chi connectivity index (χ2n) is 6.48. The van der Waals surface area contributed by atoms with Gasteiger partial charge in [0.15, 0.2) is 0 Å². The Morgan fingerprint density at radius 1 is 1.38 bits per heavy atom. The molecule has 24 heavy (non-hydrogen) atoms. The second-order valence-corrected chi connectivity index (χ2v) is 7.52. The van der Waals surface area contributed by atoms with Gasteiger partial charge >= 0.3 is 0 Å². The summed E-state index contributed by atoms with van der Waals surface area (Å²) in [4.78, 5) is 14.8. The number of nitrogens with two attached hydrogens (primary N) is 1. The van der Waals surface area contributed by atoms with Gasteiger partial charge in [-0.1, -0.05) is 0 Å². The number of furan rings is 1. The SMILES string of the molecule is CC1=C(COc2ccc3oc(C)cc3c2)SCN1C(C)(C)C(N)=O. The quantitative estimate of drug-likeness (QED) is 0.895. The van der Waals surface area contributed by atoms with Crippen molar-refractivity contribution < 1.29 is 13.9 Å². The minimum atomic E-state index is -0.702. The number of fused-ring (bicyclic) bond motifs is 1. The Kier molecular flexibility index (Phi) is 4.25. The summed E-state index contributed by atoms with van der Waals surface area (Å²) in [6.07, 6.45) is 0. The molecule has 1 amide bonds. The number of carbonyl (C=O) groups excluding carboxylic acids is 1. The van der Waals surface area contributed by atoms with Crippen LogP contribution in [0.3, 0.4) is 0 Å². The first-order chi connectivity index (χ1) is 11.3. The van der Waals surface area contributed by atoms with E-state index in [2.05, 4.69) is 0 Å². The zero-order valence-electron chi connectivity index (χ0n) is 14.4. The third kappa shape index (κ3) is 2.98. The van der Waals surface area contributed by atoms with Gasteiger partial charge in [0.05, 0.1) is 5.88 Å². The highest BCUT2D eigenvalue weighted by Gasteiger charge is 2.37. The van der Waals surface area contributed by atoms with Gasteiger partial charge in [0, 0.05) is 16.0 Å². The zero-order valence-corrected chi connectivity index (χ0v) is 15.2. The van der Waals surface area contributed by atoms with Crippen molar-refractivity contribution in [2.45, 2.75) is 33.2 Å². The normalized spacial score (nSPS) is 15.4. The van der Waals surface area contributed by atoms with Crippen LogP contribution < -0.4 is 10.5 Å². The molecule has 0 aliphatic carbocycles. The number of carbonyl (C=O) groups is 1. The van der Waals surface area contributed by atoms with Crippen molar-refractivity contribution in [3.63, 3.8) is 0 Å². The average Bonchev–Trinajstić information content (AvgIpc) is 3.06. The van der Waals surface area contributed by atoms with Crippen LogP contribution in [-0.4, -0.2) is 28.8 Å². The largest absolute Gasteiger partial charge is 0.488 e. The summed E-state index contributed by atoms with van der Waals surface area (Å²) in [6.45, 7) is 8.10. The van der Waals surface area contributed by atoms with Crippen LogP contribution in [0.2, 0.25) is 0 Å². The number of thioether (sulfide) groups is 1. The molecule has 1 aromatic carbocycles. The monoisotopic (exact) mass is 346 g/mol. The molecule has 0 bridgehead atoms. The van der Waals surface area contributed by atoms with Crippen LogP contribution in [-0.2, 0) is 4.79 Å². The predicted molar refractivity (Wildman–Crippen MR) is 96.7 cm³/mol. The number of aryl methyl sites for hydroxylation is 1. The minimum absolute atomic E-state index is 0.328. The summed E-state index contributed by atoms with van der Waals surface area (Å²) in [5, 5.41) is 1.03. The molecule has 0 saturated heterocycles. The van der Waals surface area contributed by atoms with Crippen LogP contribution in [0.1, 0.15) is 26.5 Å². The van der Waals surface area contributed by atoms with Gasteiger partial charge in [0.2, 0.25) is 5.91 Å². The van der Waals surface area contributed by atoms with Crippen molar-refractivity contribution in [1.29, 1.82) is 0 Å². The molecule has 5 nitrogen and oxygen atoms in total. The maximum atomic E-state index is 11.7. The standard InChI is InChI=1S/C18H22N2O3S/c1-11-7-13-8-14(5-6-15(13)23-11)22-9-16-12(2)20(10-24-16)18(3,4)17(19)21/h5-8H,9-10H2,1-4H3,(H2,19,21). The van der Waals surface area contributed by atoms with E-state index in [1.165, 1.54) is 0 Å². The van der Waals surface area contributed by atoms with E-state index in [0.29, 0.717) is 12.5 Å². The molecule has 0 fully saturated rings. The molecule has 3 rings (SSSR count). The Bertz CT molecular complexity index is 823. The Morgan fingerprint density at radius 2 is 2.12 bits per heavy atom. The molecular formula is C18H22N2O3S. The number of benzene rings is 1. The maximum Gasteiger partial charge on any atom is 0.242 e. The molecule has 1 aliphatic heterocycles. The summed E-state index contributed by atoms with van der Waals surface area (Å²) in [5.74, 6) is 2.07. The number of hydrogen-bond donors (Lipinski definition) is 1. The first-order valence-electron chi connectivity index (χ1n) is 7.82. The third-order valence-corrected chi connectivity index (χ3v) is 5.58. The lowest BCUT2D eigenvalue weighted by Crippen LogP contribution is -2.51. The van der Waals surface area contributed by atoms with Gasteiger partial charge in [-0.25, -0.2) is 0 Å². The number of hydrogen-bond acceptors (Lipinski definition) is 5. The van der Waals surface area contributed by atoms with Crippen LogP contribution in [0.4, 0.5) is 0 Å². The van der Waals surface area contributed by atoms with Crippen molar-refractivity contribution in [1.82, 2.24) is 4.90 Å². The maximum absolute atomic E-state index is 11.7. The van der Waals surface area contributed by atoms with E-state index in [4.69, 9.17) is 14.9 Å². The first kappa shape index (κ1) is 16.8. The molecule has 2 N–H and O–H groups in total. The van der Waals surface area contributed by atoms with Crippen molar-refractivity contribution >= 4 is 28.6 Å². The lowest BCUT2D eigenvalue weighted by molar-refractivity contribution is -0.126. The van der Waals surface area contributed by atoms with Gasteiger partial charge in [-0.05, 0) is 52.0 Å². The van der Waals surface area contributed by atoms with Crippen LogP contribution >= 0.6 is 11.8 Å². The van der Waals surface area contributed by atoms with Crippen molar-refractivity contribution in [3.05, 3.63) is 40.6 Å². The second kappa shape index (κ2) is 6.09. The summed E-state index contributed by atoms with van der Waals surface area (Å²) >= 11 is 1.68. The lowest BCUT2D eigenvalue weighted by Gasteiger charge is -2.34. The van der Waals surface area contributed by atoms with Crippen LogP contribution in [0, 0.1) is 6.92 Å². The minimum Gasteiger partial charge on any atom is -0.488 e. The fraction of sp³-hybridized carbons (Fsp3) is 0.389. The Labute approximate surface area is 145 Å². The Morgan fingerprint density at radius 3 is 2.83 bits per heavy atom. The van der Waals surface area contributed by atoms with E-state index >= 15 is 0 Å². The molecule has 0 spiro atoms. The van der Waals surface area contributed by atoms with E-state index < -0.39 is 5.54 Å². The zero-order chi connectivity index (χ0) is 17.5. The molecule has 1 aliphatic rings. The van der Waals surface area contributed by atoms with Gasteiger partial charge in [0.1, 0.15) is 29.2 Å². The number of allylic oxidation sites excluding steroid dienone is 1. The molecule has 0 atom stereocenters. The van der Waals surface area contributed by atoms with Crippen LogP contribution in [0.15, 0.2) is 39.3 Å². The number of primary amides is 1. The van der Waals surface area contributed by atoms with E-state index in [0.717, 1.165) is 33.1 Å². The fourth-order valence-electron chi connectivity index (χ4n) is 2.75. The molecule has 0 radical (unpaired) electrons. The van der Waals surface area contributed by atoms with Crippen LogP contribution in [0.5, 0.6) is 5.75 Å². The molecule has 0 saturated carbocycles. The van der Waals surface area contributed by atoms with Crippen molar-refractivity contribution in [2.75, 3.05) is 12.5 Å². The molecule has 128 valence electrons. The molecular weight excluding hydrogens is 324 g/mol. The van der Waals surface area contributed by atoms with Gasteiger partial charge in [-0.2, -0.15) is 0 Å². The van der Waals surface area contributed by atoms with Gasteiger partial charge in [-0.3, -0.25) is 4.79 Å². The molecule has 2 heterocycles. The third-order valence-electron chi connectivity index (χ3n) is 4.43. The van der Waals surface area contributed by atoms with E-state index in [1.807, 2.05) is 56.9 Å². The topological polar surface area (TPSA) is 68.7 Å². The number of ether oxygens (including phenoxy) is 1. The number of rotatable bonds is 5. The number of amides is 1. The summed E-state index contributed by atoms with van der Waals surface area (Å²) in [6, 6.07) is 7.80. The van der Waals surface area contributed by atoms with Crippen LogP contribution in [0.25, 0.3) is 11.0 Å². The first-order valence-corrected chi connectivity index (χ1v) is 8.80. The number of nitrogens with zero attached hydrogens (tertiary/aromatic N) is 1. The lowest BCUT2D eigenvalue weighted by atomic mass is 10.0. The summed E-state index contributed by atoms with van der Waals surface area (Å²) in [7, 11) is 0. The van der Waals surface area contributed by atoms with Gasteiger partial charge < -0.3 is 19.8 Å². The summed E-state index contributed by atoms with van der Waals surface area (Å²) < 4.78 is 11.5. The Hall–Kier alpha value is -2.08. The van der Waals surface area contributed by atoms with E-state index in [-0.39, 0.29) is 5.91 Å². The average molecular weight is 346 g/mol. The molecule has 6 heteroatoms. The predicted octanol–water partition coefficient (Wildman–Crippen LogP) is 3.62.